The third-order valence-corrected chi connectivity index (χ3v) is 4.24. The van der Waals surface area contributed by atoms with Gasteiger partial charge in [-0.3, -0.25) is 9.59 Å². The normalized spacial score (nSPS) is 11.6. The molecule has 0 aliphatic heterocycles. The highest BCUT2D eigenvalue weighted by atomic mass is 35.5. The van der Waals surface area contributed by atoms with Gasteiger partial charge < -0.3 is 19.9 Å². The minimum atomic E-state index is -0.161. The third kappa shape index (κ3) is 6.92. The maximum atomic E-state index is 12.4. The molecule has 144 valence electrons. The fourth-order valence-electron chi connectivity index (χ4n) is 2.63. The van der Waals surface area contributed by atoms with Crippen LogP contribution >= 0.6 is 11.6 Å². The lowest BCUT2D eigenvalue weighted by Gasteiger charge is -2.20. The number of carbonyl (C=O) groups is 2. The van der Waals surface area contributed by atoms with Gasteiger partial charge in [-0.2, -0.15) is 0 Å². The Morgan fingerprint density at radius 2 is 1.89 bits per heavy atom. The van der Waals surface area contributed by atoms with Crippen LogP contribution in [-0.4, -0.2) is 51.0 Å². The van der Waals surface area contributed by atoms with Gasteiger partial charge in [-0.1, -0.05) is 29.8 Å². The second-order valence-corrected chi connectivity index (χ2v) is 6.91. The summed E-state index contributed by atoms with van der Waals surface area (Å²) in [6, 6.07) is 14.6. The van der Waals surface area contributed by atoms with E-state index in [-0.39, 0.29) is 24.9 Å². The van der Waals surface area contributed by atoms with E-state index < -0.39 is 0 Å². The Hall–Kier alpha value is -2.57. The van der Waals surface area contributed by atoms with Gasteiger partial charge in [0.1, 0.15) is 5.75 Å². The summed E-state index contributed by atoms with van der Waals surface area (Å²) in [5.74, 6) is 0.471. The molecule has 0 spiro atoms. The molecular formula is C20H25ClN3O3+. The molecule has 0 saturated heterocycles. The number of hydrogen-bond donors (Lipinski definition) is 2. The van der Waals surface area contributed by atoms with E-state index in [1.807, 2.05) is 25.2 Å². The van der Waals surface area contributed by atoms with Gasteiger partial charge in [0.25, 0.3) is 11.8 Å². The topological polar surface area (TPSA) is 63.1 Å². The number of methoxy groups -OCH3 is 1. The number of likely N-dealkylation sites (N-methyl/N-ethyl adjacent to an activating group) is 2. The molecule has 27 heavy (non-hydrogen) atoms. The zero-order valence-electron chi connectivity index (χ0n) is 15.8. The lowest BCUT2D eigenvalue weighted by Crippen LogP contribution is -3.11. The number of nitrogens with zero attached hydrogens (tertiary/aromatic N) is 1. The van der Waals surface area contributed by atoms with Gasteiger partial charge in [-0.15, -0.1) is 0 Å². The van der Waals surface area contributed by atoms with Gasteiger partial charge in [0, 0.05) is 30.4 Å². The molecule has 6 nitrogen and oxygen atoms in total. The van der Waals surface area contributed by atoms with Crippen LogP contribution in [0.4, 0.5) is 5.69 Å². The zero-order chi connectivity index (χ0) is 19.8. The van der Waals surface area contributed by atoms with E-state index in [1.54, 1.807) is 49.4 Å². The Kier molecular flexibility index (Phi) is 7.64. The van der Waals surface area contributed by atoms with Crippen molar-refractivity contribution in [2.45, 2.75) is 6.54 Å². The predicted octanol–water partition coefficient (Wildman–Crippen LogP) is 1.46. The molecule has 0 bridgehead atoms. The van der Waals surface area contributed by atoms with Crippen LogP contribution in [0.5, 0.6) is 5.75 Å². The number of quaternary nitrogens is 1. The van der Waals surface area contributed by atoms with Crippen molar-refractivity contribution < 1.29 is 19.2 Å². The van der Waals surface area contributed by atoms with Gasteiger partial charge >= 0.3 is 0 Å². The van der Waals surface area contributed by atoms with E-state index in [0.717, 1.165) is 10.5 Å². The van der Waals surface area contributed by atoms with Crippen molar-refractivity contribution in [1.29, 1.82) is 0 Å². The van der Waals surface area contributed by atoms with Crippen LogP contribution < -0.4 is 15.0 Å². The monoisotopic (exact) mass is 390 g/mol. The number of rotatable bonds is 8. The number of carbonyl (C=O) groups excluding carboxylic acids is 2. The van der Waals surface area contributed by atoms with E-state index in [4.69, 9.17) is 16.3 Å². The first-order valence-electron chi connectivity index (χ1n) is 8.61. The van der Waals surface area contributed by atoms with Crippen molar-refractivity contribution in [1.82, 2.24) is 4.90 Å². The zero-order valence-corrected chi connectivity index (χ0v) is 16.5. The lowest BCUT2D eigenvalue weighted by molar-refractivity contribution is -0.862. The molecule has 2 N–H and O–H groups in total. The van der Waals surface area contributed by atoms with Crippen LogP contribution in [0.1, 0.15) is 5.56 Å². The molecule has 0 aliphatic rings. The molecule has 0 heterocycles. The van der Waals surface area contributed by atoms with Gasteiger partial charge in [-0.05, 0) is 29.8 Å². The van der Waals surface area contributed by atoms with Crippen LogP contribution in [-0.2, 0) is 16.1 Å². The summed E-state index contributed by atoms with van der Waals surface area (Å²) in [6.45, 7) is 0.888. The molecule has 0 fully saturated rings. The predicted molar refractivity (Wildman–Crippen MR) is 106 cm³/mol. The second kappa shape index (κ2) is 9.94. The van der Waals surface area contributed by atoms with Crippen LogP contribution in [0.25, 0.3) is 0 Å². The first-order chi connectivity index (χ1) is 12.9. The van der Waals surface area contributed by atoms with E-state index in [0.29, 0.717) is 23.0 Å². The summed E-state index contributed by atoms with van der Waals surface area (Å²) in [4.78, 5) is 27.0. The molecule has 2 amide bonds. The maximum absolute atomic E-state index is 12.4. The summed E-state index contributed by atoms with van der Waals surface area (Å²) < 4.78 is 5.14. The van der Waals surface area contributed by atoms with Crippen LogP contribution in [0, 0.1) is 0 Å². The molecule has 0 aromatic heterocycles. The van der Waals surface area contributed by atoms with Crippen molar-refractivity contribution in [3.63, 3.8) is 0 Å². The SMILES string of the molecule is COc1cccc(NC(=O)C[NH+](C)CC(=O)N(C)Cc2cccc(Cl)c2)c1. The summed E-state index contributed by atoms with van der Waals surface area (Å²) in [5, 5.41) is 3.46. The van der Waals surface area contributed by atoms with Crippen molar-refractivity contribution in [3.05, 3.63) is 59.1 Å². The molecular weight excluding hydrogens is 366 g/mol. The molecule has 0 radical (unpaired) electrons. The highest BCUT2D eigenvalue weighted by Gasteiger charge is 2.17. The third-order valence-electron chi connectivity index (χ3n) is 4.00. The number of anilines is 1. The number of amides is 2. The van der Waals surface area contributed by atoms with Crippen molar-refractivity contribution in [2.75, 3.05) is 39.6 Å². The van der Waals surface area contributed by atoms with E-state index in [9.17, 15) is 9.59 Å². The van der Waals surface area contributed by atoms with Crippen molar-refractivity contribution in [3.8, 4) is 5.75 Å². The first-order valence-corrected chi connectivity index (χ1v) is 8.99. The Morgan fingerprint density at radius 3 is 2.59 bits per heavy atom. The van der Waals surface area contributed by atoms with Crippen LogP contribution in [0.15, 0.2) is 48.5 Å². The number of hydrogen-bond acceptors (Lipinski definition) is 3. The molecule has 0 aliphatic carbocycles. The summed E-state index contributed by atoms with van der Waals surface area (Å²) in [6.07, 6.45) is 0. The first kappa shape index (κ1) is 20.7. The standard InChI is InChI=1S/C20H24ClN3O3/c1-23(13-19(25)22-17-8-5-9-18(11-17)27-3)14-20(26)24(2)12-15-6-4-7-16(21)10-15/h4-11H,12-14H2,1-3H3,(H,22,25)/p+1. The minimum Gasteiger partial charge on any atom is -0.497 e. The second-order valence-electron chi connectivity index (χ2n) is 6.47. The van der Waals surface area contributed by atoms with Gasteiger partial charge in [0.05, 0.1) is 14.2 Å². The summed E-state index contributed by atoms with van der Waals surface area (Å²) in [5.41, 5.74) is 1.63. The van der Waals surface area contributed by atoms with Crippen molar-refractivity contribution in [2.24, 2.45) is 0 Å². The smallest absolute Gasteiger partial charge is 0.279 e. The van der Waals surface area contributed by atoms with E-state index in [1.165, 1.54) is 0 Å². The molecule has 1 atom stereocenters. The average molecular weight is 391 g/mol. The largest absolute Gasteiger partial charge is 0.497 e. The van der Waals surface area contributed by atoms with Crippen LogP contribution in [0.3, 0.4) is 0 Å². The Labute approximate surface area is 164 Å². The quantitative estimate of drug-likeness (QED) is 0.717. The fourth-order valence-corrected chi connectivity index (χ4v) is 2.85. The van der Waals surface area contributed by atoms with E-state index >= 15 is 0 Å². The molecule has 7 heteroatoms. The highest BCUT2D eigenvalue weighted by Crippen LogP contribution is 2.16. The highest BCUT2D eigenvalue weighted by molar-refractivity contribution is 6.30. The molecule has 2 aromatic rings. The maximum Gasteiger partial charge on any atom is 0.279 e. The fraction of sp³-hybridized carbons (Fsp3) is 0.300. The number of nitrogens with one attached hydrogen (secondary N) is 2. The number of benzene rings is 2. The average Bonchev–Trinajstić information content (AvgIpc) is 2.61. The summed E-state index contributed by atoms with van der Waals surface area (Å²) in [7, 11) is 5.13. The molecule has 1 unspecified atom stereocenters. The molecule has 2 rings (SSSR count). The van der Waals surface area contributed by atoms with Crippen molar-refractivity contribution >= 4 is 29.1 Å². The van der Waals surface area contributed by atoms with Gasteiger partial charge in [-0.25, -0.2) is 0 Å². The number of ether oxygens (including phenoxy) is 1. The Balaban J connectivity index is 1.81. The Morgan fingerprint density at radius 1 is 1.15 bits per heavy atom. The lowest BCUT2D eigenvalue weighted by atomic mass is 10.2. The van der Waals surface area contributed by atoms with Gasteiger partial charge in [0.2, 0.25) is 0 Å². The summed E-state index contributed by atoms with van der Waals surface area (Å²) >= 11 is 5.98. The molecule has 0 saturated carbocycles. The number of halogens is 1. The minimum absolute atomic E-state index is 0.0401. The Bertz CT molecular complexity index is 798. The van der Waals surface area contributed by atoms with Crippen LogP contribution in [0.2, 0.25) is 5.02 Å². The molecule has 2 aromatic carbocycles. The van der Waals surface area contributed by atoms with E-state index in [2.05, 4.69) is 5.32 Å². The van der Waals surface area contributed by atoms with Gasteiger partial charge in [0.15, 0.2) is 13.1 Å².